The molecule has 12 heavy (non-hydrogen) atoms. The van der Waals surface area contributed by atoms with E-state index < -0.39 is 11.1 Å². The van der Waals surface area contributed by atoms with Gasteiger partial charge in [0.15, 0.2) is 0 Å². The van der Waals surface area contributed by atoms with Crippen molar-refractivity contribution in [2.45, 2.75) is 18.7 Å². The highest BCUT2D eigenvalue weighted by atomic mass is 32.2. The summed E-state index contributed by atoms with van der Waals surface area (Å²) in [4.78, 5) is 0.161. The smallest absolute Gasteiger partial charge is 0.126 e. The van der Waals surface area contributed by atoms with Gasteiger partial charge in [0, 0.05) is 4.90 Å². The van der Waals surface area contributed by atoms with Crippen LogP contribution < -0.4 is 0 Å². The molecule has 0 heterocycles. The van der Waals surface area contributed by atoms with E-state index in [2.05, 4.69) is 0 Å². The molecule has 1 aromatic rings. The molecule has 1 atom stereocenters. The van der Waals surface area contributed by atoms with Crippen molar-refractivity contribution in [3.05, 3.63) is 29.1 Å². The van der Waals surface area contributed by atoms with Crippen LogP contribution in [0, 0.1) is 19.7 Å². The maximum atomic E-state index is 12.8. The molecule has 0 aliphatic rings. The van der Waals surface area contributed by atoms with E-state index in [9.17, 15) is 13.2 Å². The van der Waals surface area contributed by atoms with Gasteiger partial charge in [-0.05, 0) is 48.2 Å². The van der Waals surface area contributed by atoms with E-state index in [1.54, 1.807) is 6.92 Å². The van der Waals surface area contributed by atoms with Crippen LogP contribution in [0.4, 0.5) is 4.39 Å². The minimum Gasteiger partial charge on any atom is -0.768 e. The maximum Gasteiger partial charge on any atom is 0.126 e. The van der Waals surface area contributed by atoms with E-state index in [-0.39, 0.29) is 10.7 Å². The van der Waals surface area contributed by atoms with Crippen molar-refractivity contribution in [1.82, 2.24) is 0 Å². The minimum atomic E-state index is -2.28. The second-order valence-electron chi connectivity index (χ2n) is 2.60. The predicted molar refractivity (Wildman–Crippen MR) is 43.1 cm³/mol. The number of hydrogen-bond acceptors (Lipinski definition) is 2. The highest BCUT2D eigenvalue weighted by Crippen LogP contribution is 2.16. The van der Waals surface area contributed by atoms with E-state index in [1.165, 1.54) is 19.1 Å². The van der Waals surface area contributed by atoms with Gasteiger partial charge in [-0.1, -0.05) is 0 Å². The second kappa shape index (κ2) is 3.33. The topological polar surface area (TPSA) is 40.1 Å². The number of halogens is 1. The number of rotatable bonds is 1. The van der Waals surface area contributed by atoms with E-state index >= 15 is 0 Å². The quantitative estimate of drug-likeness (QED) is 0.627. The summed E-state index contributed by atoms with van der Waals surface area (Å²) in [5.41, 5.74) is 0.784. The summed E-state index contributed by atoms with van der Waals surface area (Å²) in [5.74, 6) is -0.373. The molecule has 0 spiro atoms. The first-order chi connectivity index (χ1) is 5.52. The van der Waals surface area contributed by atoms with Gasteiger partial charge in [0.05, 0.1) is 0 Å². The molecule has 0 N–H and O–H groups in total. The lowest BCUT2D eigenvalue weighted by Gasteiger charge is -2.09. The summed E-state index contributed by atoms with van der Waals surface area (Å²) in [6.45, 7) is 3.10. The molecule has 0 amide bonds. The molecule has 66 valence electrons. The normalized spacial score (nSPS) is 13.0. The lowest BCUT2D eigenvalue weighted by molar-refractivity contribution is 0.535. The molecule has 0 aliphatic heterocycles. The third-order valence-electron chi connectivity index (χ3n) is 1.64. The summed E-state index contributed by atoms with van der Waals surface area (Å²) in [5, 5.41) is 0. The van der Waals surface area contributed by atoms with Crippen molar-refractivity contribution in [3.8, 4) is 0 Å². The Hall–Kier alpha value is -0.740. The minimum absolute atomic E-state index is 0.161. The van der Waals surface area contributed by atoms with Crippen LogP contribution in [0.25, 0.3) is 0 Å². The van der Waals surface area contributed by atoms with E-state index in [0.29, 0.717) is 11.1 Å². The molecule has 0 saturated carbocycles. The fourth-order valence-corrected chi connectivity index (χ4v) is 1.53. The SMILES string of the molecule is Cc1cc(S(=O)[O-])c(C)cc1F. The Morgan fingerprint density at radius 3 is 2.42 bits per heavy atom. The van der Waals surface area contributed by atoms with E-state index in [1.807, 2.05) is 0 Å². The highest BCUT2D eigenvalue weighted by Gasteiger charge is 2.03. The Balaban J connectivity index is 3.33. The van der Waals surface area contributed by atoms with Crippen LogP contribution in [0.2, 0.25) is 0 Å². The maximum absolute atomic E-state index is 12.8. The van der Waals surface area contributed by atoms with Crippen LogP contribution in [-0.2, 0) is 11.1 Å². The molecular formula is C8H8FO2S-. The van der Waals surface area contributed by atoms with Gasteiger partial charge in [0.2, 0.25) is 0 Å². The molecular weight excluding hydrogens is 179 g/mol. The summed E-state index contributed by atoms with van der Waals surface area (Å²) in [6.07, 6.45) is 0. The van der Waals surface area contributed by atoms with Crippen LogP contribution >= 0.6 is 0 Å². The molecule has 1 rings (SSSR count). The third kappa shape index (κ3) is 1.70. The zero-order valence-electron chi connectivity index (χ0n) is 6.76. The predicted octanol–water partition coefficient (Wildman–Crippen LogP) is 1.68. The van der Waals surface area contributed by atoms with Gasteiger partial charge in [-0.2, -0.15) is 0 Å². The van der Waals surface area contributed by atoms with Gasteiger partial charge in [-0.15, -0.1) is 0 Å². The van der Waals surface area contributed by atoms with E-state index in [4.69, 9.17) is 0 Å². The van der Waals surface area contributed by atoms with Gasteiger partial charge >= 0.3 is 0 Å². The summed E-state index contributed by atoms with van der Waals surface area (Å²) < 4.78 is 33.9. The molecule has 0 aliphatic carbocycles. The zero-order chi connectivity index (χ0) is 9.30. The van der Waals surface area contributed by atoms with Crippen molar-refractivity contribution in [2.75, 3.05) is 0 Å². The van der Waals surface area contributed by atoms with Crippen LogP contribution in [0.15, 0.2) is 17.0 Å². The first-order valence-electron chi connectivity index (χ1n) is 3.38. The van der Waals surface area contributed by atoms with Crippen LogP contribution in [0.5, 0.6) is 0 Å². The largest absolute Gasteiger partial charge is 0.768 e. The molecule has 4 heteroatoms. The van der Waals surface area contributed by atoms with E-state index in [0.717, 1.165) is 0 Å². The first-order valence-corrected chi connectivity index (χ1v) is 4.46. The van der Waals surface area contributed by atoms with Crippen molar-refractivity contribution in [3.63, 3.8) is 0 Å². The van der Waals surface area contributed by atoms with Gasteiger partial charge in [0.1, 0.15) is 5.82 Å². The number of hydrogen-bond donors (Lipinski definition) is 0. The van der Waals surface area contributed by atoms with Crippen molar-refractivity contribution in [1.29, 1.82) is 0 Å². The molecule has 0 saturated heterocycles. The molecule has 0 fully saturated rings. The van der Waals surface area contributed by atoms with Crippen molar-refractivity contribution in [2.24, 2.45) is 0 Å². The zero-order valence-corrected chi connectivity index (χ0v) is 7.57. The Morgan fingerprint density at radius 1 is 1.33 bits per heavy atom. The summed E-state index contributed by atoms with van der Waals surface area (Å²) >= 11 is -2.28. The Morgan fingerprint density at radius 2 is 1.92 bits per heavy atom. The first kappa shape index (κ1) is 9.35. The number of benzene rings is 1. The molecule has 0 bridgehead atoms. The average molecular weight is 187 g/mol. The fraction of sp³-hybridized carbons (Fsp3) is 0.250. The summed E-state index contributed by atoms with van der Waals surface area (Å²) in [6, 6.07) is 2.55. The standard InChI is InChI=1S/C8H9FO2S/c1-5-4-8(12(10)11)6(2)3-7(5)9/h3-4H,1-2H3,(H,10,11)/p-1. The van der Waals surface area contributed by atoms with Gasteiger partial charge < -0.3 is 4.55 Å². The lowest BCUT2D eigenvalue weighted by Crippen LogP contribution is -1.95. The van der Waals surface area contributed by atoms with Crippen LogP contribution in [-0.4, -0.2) is 8.76 Å². The molecule has 1 unspecified atom stereocenters. The fourth-order valence-electron chi connectivity index (χ4n) is 0.934. The number of aryl methyl sites for hydroxylation is 2. The highest BCUT2D eigenvalue weighted by molar-refractivity contribution is 7.79. The Kier molecular flexibility index (Phi) is 2.59. The summed E-state index contributed by atoms with van der Waals surface area (Å²) in [7, 11) is 0. The molecule has 2 nitrogen and oxygen atoms in total. The van der Waals surface area contributed by atoms with Gasteiger partial charge in [0.25, 0.3) is 0 Å². The van der Waals surface area contributed by atoms with Crippen LogP contribution in [0.3, 0.4) is 0 Å². The second-order valence-corrected chi connectivity index (χ2v) is 3.51. The Bertz CT molecular complexity index is 336. The van der Waals surface area contributed by atoms with Gasteiger partial charge in [-0.3, -0.25) is 4.21 Å². The third-order valence-corrected chi connectivity index (χ3v) is 2.43. The van der Waals surface area contributed by atoms with Crippen molar-refractivity contribution >= 4 is 11.1 Å². The molecule has 1 aromatic carbocycles. The lowest BCUT2D eigenvalue weighted by atomic mass is 10.1. The monoisotopic (exact) mass is 187 g/mol. The molecule has 0 radical (unpaired) electrons. The van der Waals surface area contributed by atoms with Crippen LogP contribution in [0.1, 0.15) is 11.1 Å². The molecule has 0 aromatic heterocycles. The van der Waals surface area contributed by atoms with Gasteiger partial charge in [-0.25, -0.2) is 4.39 Å². The van der Waals surface area contributed by atoms with Crippen molar-refractivity contribution < 1.29 is 13.2 Å². The Labute approximate surface area is 72.7 Å². The average Bonchev–Trinajstić information content (AvgIpc) is 1.96.